The van der Waals surface area contributed by atoms with E-state index < -0.39 is 0 Å². The molecule has 4 heteroatoms. The molecule has 4 nitrogen and oxygen atoms in total. The van der Waals surface area contributed by atoms with Crippen molar-refractivity contribution in [2.75, 3.05) is 13.2 Å². The topological polar surface area (TPSA) is 36.9 Å². The van der Waals surface area contributed by atoms with Crippen LogP contribution in [0.4, 0.5) is 0 Å². The lowest BCUT2D eigenvalue weighted by Gasteiger charge is -2.18. The fourth-order valence-corrected chi connectivity index (χ4v) is 2.47. The molecule has 0 fully saturated rings. The third-order valence-electron chi connectivity index (χ3n) is 3.59. The van der Waals surface area contributed by atoms with Gasteiger partial charge < -0.3 is 18.9 Å². The maximum atomic E-state index is 6.04. The first-order chi connectivity index (χ1) is 11.9. The summed E-state index contributed by atoms with van der Waals surface area (Å²) in [6, 6.07) is 22.6. The van der Waals surface area contributed by atoms with E-state index in [9.17, 15) is 0 Å². The standard InChI is InChI=1S/C20H16O4/c1-3-9-17-15(7-1)21-13-14-22-16-8-2-4-10-18(16)24-20-12-6-5-11-19(20)23-17/h1-12H,13-14H2. The summed E-state index contributed by atoms with van der Waals surface area (Å²) < 4.78 is 23.7. The number of hydrogen-bond donors (Lipinski definition) is 0. The van der Waals surface area contributed by atoms with Gasteiger partial charge in [0.1, 0.15) is 13.2 Å². The number of rotatable bonds is 0. The van der Waals surface area contributed by atoms with E-state index in [4.69, 9.17) is 18.9 Å². The molecule has 1 heterocycles. The molecule has 0 amide bonds. The molecule has 0 aliphatic carbocycles. The van der Waals surface area contributed by atoms with Crippen molar-refractivity contribution in [3.8, 4) is 34.5 Å². The summed E-state index contributed by atoms with van der Waals surface area (Å²) >= 11 is 0. The lowest BCUT2D eigenvalue weighted by molar-refractivity contribution is 0.206. The average Bonchev–Trinajstić information content (AvgIpc) is 2.62. The normalized spacial score (nSPS) is 13.2. The Labute approximate surface area is 140 Å². The van der Waals surface area contributed by atoms with Gasteiger partial charge in [-0.15, -0.1) is 0 Å². The Bertz CT molecular complexity index is 774. The van der Waals surface area contributed by atoms with Crippen LogP contribution in [0, 0.1) is 0 Å². The molecule has 0 spiro atoms. The lowest BCUT2D eigenvalue weighted by atomic mass is 10.3. The molecule has 4 rings (SSSR count). The lowest BCUT2D eigenvalue weighted by Crippen LogP contribution is -2.10. The maximum absolute atomic E-state index is 6.04. The second-order valence-electron chi connectivity index (χ2n) is 5.24. The van der Waals surface area contributed by atoms with Gasteiger partial charge in [-0.1, -0.05) is 36.4 Å². The second-order valence-corrected chi connectivity index (χ2v) is 5.24. The van der Waals surface area contributed by atoms with E-state index in [1.54, 1.807) is 0 Å². The van der Waals surface area contributed by atoms with Crippen LogP contribution in [-0.4, -0.2) is 13.2 Å². The first-order valence-corrected chi connectivity index (χ1v) is 7.78. The van der Waals surface area contributed by atoms with Gasteiger partial charge >= 0.3 is 0 Å². The minimum Gasteiger partial charge on any atom is -0.486 e. The van der Waals surface area contributed by atoms with Crippen LogP contribution in [0.5, 0.6) is 34.5 Å². The van der Waals surface area contributed by atoms with Crippen molar-refractivity contribution < 1.29 is 18.9 Å². The van der Waals surface area contributed by atoms with E-state index in [2.05, 4.69) is 0 Å². The highest BCUT2D eigenvalue weighted by Crippen LogP contribution is 2.40. The van der Waals surface area contributed by atoms with Crippen molar-refractivity contribution in [2.24, 2.45) is 0 Å². The summed E-state index contributed by atoms with van der Waals surface area (Å²) in [5.74, 6) is 3.85. The van der Waals surface area contributed by atoms with Gasteiger partial charge in [-0.2, -0.15) is 0 Å². The van der Waals surface area contributed by atoms with Crippen LogP contribution in [0.25, 0.3) is 0 Å². The number of ether oxygens (including phenoxy) is 4. The van der Waals surface area contributed by atoms with Crippen LogP contribution in [0.3, 0.4) is 0 Å². The summed E-state index contributed by atoms with van der Waals surface area (Å²) in [6.45, 7) is 0.826. The Morgan fingerprint density at radius 1 is 0.417 bits per heavy atom. The molecule has 1 aliphatic rings. The zero-order valence-electron chi connectivity index (χ0n) is 13.0. The van der Waals surface area contributed by atoms with Crippen LogP contribution in [0.2, 0.25) is 0 Å². The van der Waals surface area contributed by atoms with Gasteiger partial charge in [0.25, 0.3) is 0 Å². The van der Waals surface area contributed by atoms with Gasteiger partial charge in [-0.3, -0.25) is 0 Å². The molecule has 0 N–H and O–H groups in total. The van der Waals surface area contributed by atoms with Crippen molar-refractivity contribution in [3.63, 3.8) is 0 Å². The van der Waals surface area contributed by atoms with Crippen LogP contribution < -0.4 is 18.9 Å². The van der Waals surface area contributed by atoms with E-state index in [1.165, 1.54) is 0 Å². The van der Waals surface area contributed by atoms with Crippen LogP contribution in [0.15, 0.2) is 72.8 Å². The quantitative estimate of drug-likeness (QED) is 0.581. The van der Waals surface area contributed by atoms with E-state index in [0.29, 0.717) is 47.7 Å². The number of para-hydroxylation sites is 6. The highest BCUT2D eigenvalue weighted by Gasteiger charge is 2.14. The molecule has 3 aromatic rings. The van der Waals surface area contributed by atoms with Gasteiger partial charge in [0.05, 0.1) is 0 Å². The number of hydrogen-bond acceptors (Lipinski definition) is 4. The molecule has 0 saturated heterocycles. The molecule has 0 radical (unpaired) electrons. The van der Waals surface area contributed by atoms with Gasteiger partial charge in [0.15, 0.2) is 34.5 Å². The third kappa shape index (κ3) is 2.99. The molecule has 0 atom stereocenters. The molecule has 24 heavy (non-hydrogen) atoms. The summed E-state index contributed by atoms with van der Waals surface area (Å²) in [4.78, 5) is 0. The smallest absolute Gasteiger partial charge is 0.170 e. The Hall–Kier alpha value is -3.14. The fraction of sp³-hybridized carbons (Fsp3) is 0.100. The predicted octanol–water partition coefficient (Wildman–Crippen LogP) is 5.04. The maximum Gasteiger partial charge on any atom is 0.170 e. The third-order valence-corrected chi connectivity index (χ3v) is 3.59. The van der Waals surface area contributed by atoms with Crippen LogP contribution in [-0.2, 0) is 0 Å². The average molecular weight is 320 g/mol. The molecule has 0 aromatic heterocycles. The molecule has 3 aromatic carbocycles. The highest BCUT2D eigenvalue weighted by molar-refractivity contribution is 5.50. The minimum atomic E-state index is 0.413. The van der Waals surface area contributed by atoms with Crippen molar-refractivity contribution in [3.05, 3.63) is 72.8 Å². The molecule has 0 bridgehead atoms. The molecule has 0 saturated carbocycles. The summed E-state index contributed by atoms with van der Waals surface area (Å²) in [5.41, 5.74) is 0. The zero-order valence-corrected chi connectivity index (χ0v) is 13.0. The molecule has 120 valence electrons. The first-order valence-electron chi connectivity index (χ1n) is 7.78. The molecule has 1 aliphatic heterocycles. The second kappa shape index (κ2) is 6.54. The summed E-state index contributed by atoms with van der Waals surface area (Å²) in [6.07, 6.45) is 0. The van der Waals surface area contributed by atoms with E-state index in [1.807, 2.05) is 72.8 Å². The van der Waals surface area contributed by atoms with Crippen molar-refractivity contribution in [1.82, 2.24) is 0 Å². The summed E-state index contributed by atoms with van der Waals surface area (Å²) in [5, 5.41) is 0. The minimum absolute atomic E-state index is 0.413. The highest BCUT2D eigenvalue weighted by atomic mass is 16.6. The SMILES string of the molecule is c1ccc2c(c1)OCCOc1ccccc1Oc1ccccc1O2. The predicted molar refractivity (Wildman–Crippen MR) is 90.5 cm³/mol. The van der Waals surface area contributed by atoms with Crippen LogP contribution in [0.1, 0.15) is 0 Å². The molecule has 0 unspecified atom stereocenters. The van der Waals surface area contributed by atoms with Gasteiger partial charge in [0.2, 0.25) is 0 Å². The zero-order chi connectivity index (χ0) is 16.2. The number of benzene rings is 3. The van der Waals surface area contributed by atoms with Crippen molar-refractivity contribution >= 4 is 0 Å². The van der Waals surface area contributed by atoms with E-state index in [-0.39, 0.29) is 0 Å². The number of fused-ring (bicyclic) bond motifs is 3. The Balaban J connectivity index is 1.78. The van der Waals surface area contributed by atoms with Gasteiger partial charge in [-0.05, 0) is 36.4 Å². The largest absolute Gasteiger partial charge is 0.486 e. The van der Waals surface area contributed by atoms with Crippen molar-refractivity contribution in [2.45, 2.75) is 0 Å². The van der Waals surface area contributed by atoms with Gasteiger partial charge in [-0.25, -0.2) is 0 Å². The Morgan fingerprint density at radius 2 is 0.708 bits per heavy atom. The van der Waals surface area contributed by atoms with Crippen molar-refractivity contribution in [1.29, 1.82) is 0 Å². The van der Waals surface area contributed by atoms with E-state index in [0.717, 1.165) is 0 Å². The molecular formula is C20H16O4. The molecular weight excluding hydrogens is 304 g/mol. The fourth-order valence-electron chi connectivity index (χ4n) is 2.47. The Kier molecular flexibility index (Phi) is 3.94. The first kappa shape index (κ1) is 14.5. The Morgan fingerprint density at radius 3 is 1.08 bits per heavy atom. The summed E-state index contributed by atoms with van der Waals surface area (Å²) in [7, 11) is 0. The van der Waals surface area contributed by atoms with Gasteiger partial charge in [0, 0.05) is 0 Å². The van der Waals surface area contributed by atoms with E-state index >= 15 is 0 Å². The monoisotopic (exact) mass is 320 g/mol. The van der Waals surface area contributed by atoms with Crippen LogP contribution >= 0.6 is 0 Å².